The summed E-state index contributed by atoms with van der Waals surface area (Å²) in [5, 5.41) is 6.92. The molecule has 0 atom stereocenters. The summed E-state index contributed by atoms with van der Waals surface area (Å²) in [5.74, 6) is -0.456. The molecule has 6 heteroatoms. The van der Waals surface area contributed by atoms with Crippen LogP contribution in [0, 0.1) is 5.82 Å². The number of hydrogen-bond donors (Lipinski definition) is 1. The van der Waals surface area contributed by atoms with Crippen LogP contribution in [-0.4, -0.2) is 22.2 Å². The van der Waals surface area contributed by atoms with Gasteiger partial charge in [-0.25, -0.2) is 4.39 Å². The van der Waals surface area contributed by atoms with Gasteiger partial charge >= 0.3 is 0 Å². The van der Waals surface area contributed by atoms with Crippen molar-refractivity contribution in [3.63, 3.8) is 0 Å². The maximum absolute atomic E-state index is 12.7. The number of halogens is 2. The predicted octanol–water partition coefficient (Wildman–Crippen LogP) is 3.00. The second kappa shape index (κ2) is 7.73. The first kappa shape index (κ1) is 15.4. The van der Waals surface area contributed by atoms with Crippen molar-refractivity contribution in [3.8, 4) is 0 Å². The maximum atomic E-state index is 12.7. The van der Waals surface area contributed by atoms with Crippen molar-refractivity contribution >= 4 is 27.9 Å². The number of hydrogen-bond acceptors (Lipinski definition) is 2. The Kier molecular flexibility index (Phi) is 5.68. The van der Waals surface area contributed by atoms with Crippen LogP contribution in [-0.2, 0) is 11.3 Å². The molecule has 0 spiro atoms. The molecule has 2 aromatic rings. The normalized spacial score (nSPS) is 11.0. The van der Waals surface area contributed by atoms with Crippen LogP contribution in [0.15, 0.2) is 47.2 Å². The van der Waals surface area contributed by atoms with Gasteiger partial charge in [0, 0.05) is 25.4 Å². The van der Waals surface area contributed by atoms with Gasteiger partial charge in [0.15, 0.2) is 0 Å². The van der Waals surface area contributed by atoms with E-state index in [9.17, 15) is 9.18 Å². The lowest BCUT2D eigenvalue weighted by Crippen LogP contribution is -2.23. The Balaban J connectivity index is 1.68. The summed E-state index contributed by atoms with van der Waals surface area (Å²) in [4.78, 5) is 11.6. The lowest BCUT2D eigenvalue weighted by molar-refractivity contribution is -0.116. The number of benzene rings is 1. The number of aromatic nitrogens is 2. The highest BCUT2D eigenvalue weighted by Crippen LogP contribution is 2.06. The molecule has 21 heavy (non-hydrogen) atoms. The van der Waals surface area contributed by atoms with Crippen LogP contribution in [0.4, 0.5) is 4.39 Å². The van der Waals surface area contributed by atoms with Crippen molar-refractivity contribution in [2.75, 3.05) is 6.54 Å². The van der Waals surface area contributed by atoms with E-state index in [1.807, 2.05) is 10.9 Å². The zero-order chi connectivity index (χ0) is 15.1. The molecule has 0 aliphatic carbocycles. The van der Waals surface area contributed by atoms with Crippen molar-refractivity contribution in [1.82, 2.24) is 15.1 Å². The highest BCUT2D eigenvalue weighted by atomic mass is 79.9. The van der Waals surface area contributed by atoms with Crippen molar-refractivity contribution in [3.05, 3.63) is 58.6 Å². The van der Waals surface area contributed by atoms with Gasteiger partial charge in [0.2, 0.25) is 5.91 Å². The van der Waals surface area contributed by atoms with Gasteiger partial charge in [0.25, 0.3) is 0 Å². The lowest BCUT2D eigenvalue weighted by Gasteiger charge is -2.02. The minimum atomic E-state index is -0.290. The molecule has 110 valence electrons. The van der Waals surface area contributed by atoms with Gasteiger partial charge in [-0.2, -0.15) is 5.10 Å². The van der Waals surface area contributed by atoms with E-state index in [1.54, 1.807) is 24.4 Å². The highest BCUT2D eigenvalue weighted by molar-refractivity contribution is 9.10. The van der Waals surface area contributed by atoms with Crippen LogP contribution < -0.4 is 5.32 Å². The molecule has 0 bridgehead atoms. The van der Waals surface area contributed by atoms with Crippen LogP contribution in [0.5, 0.6) is 0 Å². The third-order valence-electron chi connectivity index (χ3n) is 2.76. The smallest absolute Gasteiger partial charge is 0.244 e. The standard InChI is InChI=1S/C15H15BrFN3O/c16-13-10-19-20(11-13)9-1-8-18-15(21)7-4-12-2-5-14(17)6-3-12/h2-7,10-11H,1,8-9H2,(H,18,21)/b7-4+. The molecule has 0 saturated heterocycles. The van der Waals surface area contributed by atoms with Gasteiger partial charge in [0.05, 0.1) is 10.7 Å². The van der Waals surface area contributed by atoms with Crippen LogP contribution in [0.1, 0.15) is 12.0 Å². The first-order valence-corrected chi connectivity index (χ1v) is 7.32. The van der Waals surface area contributed by atoms with Gasteiger partial charge in [0.1, 0.15) is 5.82 Å². The molecule has 0 aliphatic rings. The van der Waals surface area contributed by atoms with E-state index in [4.69, 9.17) is 0 Å². The van der Waals surface area contributed by atoms with Gasteiger partial charge in [-0.05, 0) is 46.1 Å². The van der Waals surface area contributed by atoms with Crippen LogP contribution in [0.3, 0.4) is 0 Å². The minimum absolute atomic E-state index is 0.166. The Bertz CT molecular complexity index is 622. The Labute approximate surface area is 130 Å². The fraction of sp³-hybridized carbons (Fsp3) is 0.200. The molecule has 4 nitrogen and oxygen atoms in total. The summed E-state index contributed by atoms with van der Waals surface area (Å²) in [7, 11) is 0. The van der Waals surface area contributed by atoms with Crippen LogP contribution in [0.2, 0.25) is 0 Å². The van der Waals surface area contributed by atoms with Gasteiger partial charge < -0.3 is 5.32 Å². The van der Waals surface area contributed by atoms with Crippen molar-refractivity contribution < 1.29 is 9.18 Å². The predicted molar refractivity (Wildman–Crippen MR) is 83.0 cm³/mol. The number of amides is 1. The van der Waals surface area contributed by atoms with E-state index in [0.29, 0.717) is 6.54 Å². The SMILES string of the molecule is O=C(/C=C/c1ccc(F)cc1)NCCCn1cc(Br)cn1. The molecule has 0 aliphatic heterocycles. The number of carbonyl (C=O) groups excluding carboxylic acids is 1. The Morgan fingerprint density at radius 2 is 2.14 bits per heavy atom. The van der Waals surface area contributed by atoms with Crippen LogP contribution >= 0.6 is 15.9 Å². The Morgan fingerprint density at radius 1 is 1.38 bits per heavy atom. The molecular weight excluding hydrogens is 337 g/mol. The summed E-state index contributed by atoms with van der Waals surface area (Å²) in [6, 6.07) is 5.96. The Morgan fingerprint density at radius 3 is 2.81 bits per heavy atom. The summed E-state index contributed by atoms with van der Waals surface area (Å²) in [6.45, 7) is 1.32. The molecule has 0 unspecified atom stereocenters. The third-order valence-corrected chi connectivity index (χ3v) is 3.17. The number of rotatable bonds is 6. The zero-order valence-corrected chi connectivity index (χ0v) is 12.9. The molecule has 1 N–H and O–H groups in total. The maximum Gasteiger partial charge on any atom is 0.244 e. The zero-order valence-electron chi connectivity index (χ0n) is 11.3. The van der Waals surface area contributed by atoms with Gasteiger partial charge in [-0.1, -0.05) is 12.1 Å². The quantitative estimate of drug-likeness (QED) is 0.642. The number of aryl methyl sites for hydroxylation is 1. The average molecular weight is 352 g/mol. The van der Waals surface area contributed by atoms with E-state index in [1.165, 1.54) is 18.2 Å². The monoisotopic (exact) mass is 351 g/mol. The summed E-state index contributed by atoms with van der Waals surface area (Å²) >= 11 is 3.33. The molecule has 0 saturated carbocycles. The van der Waals surface area contributed by atoms with E-state index in [2.05, 4.69) is 26.3 Å². The van der Waals surface area contributed by atoms with Crippen molar-refractivity contribution in [2.45, 2.75) is 13.0 Å². The molecule has 0 fully saturated rings. The van der Waals surface area contributed by atoms with E-state index in [-0.39, 0.29) is 11.7 Å². The Hall–Kier alpha value is -1.95. The third kappa shape index (κ3) is 5.51. The second-order valence-electron chi connectivity index (χ2n) is 4.45. The average Bonchev–Trinajstić information content (AvgIpc) is 2.89. The van der Waals surface area contributed by atoms with E-state index < -0.39 is 0 Å². The molecule has 0 radical (unpaired) electrons. The number of nitrogens with zero attached hydrogens (tertiary/aromatic N) is 2. The molecule has 1 aromatic heterocycles. The molecule has 1 heterocycles. The van der Waals surface area contributed by atoms with Crippen molar-refractivity contribution in [1.29, 1.82) is 0 Å². The topological polar surface area (TPSA) is 46.9 Å². The lowest BCUT2D eigenvalue weighted by atomic mass is 10.2. The van der Waals surface area contributed by atoms with E-state index >= 15 is 0 Å². The fourth-order valence-electron chi connectivity index (χ4n) is 1.72. The molecule has 1 aromatic carbocycles. The first-order valence-electron chi connectivity index (χ1n) is 6.53. The van der Waals surface area contributed by atoms with Gasteiger partial charge in [-0.15, -0.1) is 0 Å². The van der Waals surface area contributed by atoms with Crippen molar-refractivity contribution in [2.24, 2.45) is 0 Å². The highest BCUT2D eigenvalue weighted by Gasteiger charge is 1.97. The number of nitrogens with one attached hydrogen (secondary N) is 1. The second-order valence-corrected chi connectivity index (χ2v) is 5.37. The fourth-order valence-corrected chi connectivity index (χ4v) is 2.05. The summed E-state index contributed by atoms with van der Waals surface area (Å²) in [6.07, 6.45) is 7.50. The largest absolute Gasteiger partial charge is 0.352 e. The minimum Gasteiger partial charge on any atom is -0.352 e. The molecule has 2 rings (SSSR count). The first-order chi connectivity index (χ1) is 10.1. The van der Waals surface area contributed by atoms with E-state index in [0.717, 1.165) is 23.0 Å². The van der Waals surface area contributed by atoms with Crippen LogP contribution in [0.25, 0.3) is 6.08 Å². The summed E-state index contributed by atoms with van der Waals surface area (Å²) < 4.78 is 15.5. The number of carbonyl (C=O) groups is 1. The molecular formula is C15H15BrFN3O. The molecule has 1 amide bonds. The summed E-state index contributed by atoms with van der Waals surface area (Å²) in [5.41, 5.74) is 0.785. The van der Waals surface area contributed by atoms with Gasteiger partial charge in [-0.3, -0.25) is 9.48 Å².